The van der Waals surface area contributed by atoms with Gasteiger partial charge in [0, 0.05) is 28.5 Å². The predicted octanol–water partition coefficient (Wildman–Crippen LogP) is 4.43. The molecule has 3 aromatic rings. The fraction of sp³-hybridized carbons (Fsp3) is 0.333. The van der Waals surface area contributed by atoms with Crippen LogP contribution in [0.25, 0.3) is 10.8 Å². The van der Waals surface area contributed by atoms with E-state index in [1.165, 1.54) is 0 Å². The molecule has 0 bridgehead atoms. The van der Waals surface area contributed by atoms with Crippen LogP contribution in [0.15, 0.2) is 48.5 Å². The third kappa shape index (κ3) is 3.90. The number of Topliss-reactive ketones (excluding diaryl/α,β-unsaturated/α-hetero) is 1. The molecular formula is C27H27NO5. The third-order valence-electron chi connectivity index (χ3n) is 6.35. The summed E-state index contributed by atoms with van der Waals surface area (Å²) < 4.78 is 17.4. The molecular weight excluding hydrogens is 418 g/mol. The Hall–Kier alpha value is -3.54. The van der Waals surface area contributed by atoms with Crippen LogP contribution in [0.5, 0.6) is 17.2 Å². The molecule has 0 spiro atoms. The highest BCUT2D eigenvalue weighted by Gasteiger charge is 2.34. The van der Waals surface area contributed by atoms with Crippen molar-refractivity contribution in [3.8, 4) is 17.2 Å². The summed E-state index contributed by atoms with van der Waals surface area (Å²) in [5.74, 6) is 1.31. The summed E-state index contributed by atoms with van der Waals surface area (Å²) in [6.07, 6.45) is 1.27. The number of hydrogen-bond acceptors (Lipinski definition) is 5. The van der Waals surface area contributed by atoms with Crippen LogP contribution in [-0.2, 0) is 11.2 Å². The van der Waals surface area contributed by atoms with Gasteiger partial charge in [-0.1, -0.05) is 36.4 Å². The molecule has 0 aliphatic carbocycles. The number of ether oxygens (including phenoxy) is 3. The Labute approximate surface area is 192 Å². The second-order valence-electron chi connectivity index (χ2n) is 9.24. The highest BCUT2D eigenvalue weighted by molar-refractivity contribution is 6.01. The fourth-order valence-electron chi connectivity index (χ4n) is 4.79. The van der Waals surface area contributed by atoms with Crippen LogP contribution in [0.4, 0.5) is 0 Å². The molecule has 0 radical (unpaired) electrons. The number of ketones is 1. The van der Waals surface area contributed by atoms with E-state index in [1.807, 2.05) is 56.3 Å². The van der Waals surface area contributed by atoms with Gasteiger partial charge in [0.05, 0.1) is 26.2 Å². The lowest BCUT2D eigenvalue weighted by Crippen LogP contribution is -2.35. The van der Waals surface area contributed by atoms with Gasteiger partial charge >= 0.3 is 0 Å². The Kier molecular flexibility index (Phi) is 5.23. The molecule has 33 heavy (non-hydrogen) atoms. The normalized spacial score (nSPS) is 18.0. The fourth-order valence-corrected chi connectivity index (χ4v) is 4.79. The van der Waals surface area contributed by atoms with E-state index in [9.17, 15) is 9.59 Å². The van der Waals surface area contributed by atoms with Crippen LogP contribution in [-0.4, -0.2) is 37.6 Å². The zero-order chi connectivity index (χ0) is 23.2. The first kappa shape index (κ1) is 21.3. The number of carbonyl (C=O) groups is 2. The Morgan fingerprint density at radius 3 is 2.76 bits per heavy atom. The minimum absolute atomic E-state index is 0.0781. The van der Waals surface area contributed by atoms with Crippen LogP contribution in [0.3, 0.4) is 0 Å². The summed E-state index contributed by atoms with van der Waals surface area (Å²) in [4.78, 5) is 26.0. The van der Waals surface area contributed by atoms with Gasteiger partial charge in [0.2, 0.25) is 5.91 Å². The van der Waals surface area contributed by atoms with Crippen molar-refractivity contribution < 1.29 is 23.8 Å². The molecule has 1 N–H and O–H groups in total. The average Bonchev–Trinajstić information content (AvgIpc) is 3.14. The topological polar surface area (TPSA) is 73.9 Å². The number of amides is 1. The third-order valence-corrected chi connectivity index (χ3v) is 6.35. The lowest BCUT2D eigenvalue weighted by Gasteiger charge is -2.26. The van der Waals surface area contributed by atoms with Gasteiger partial charge < -0.3 is 19.5 Å². The summed E-state index contributed by atoms with van der Waals surface area (Å²) in [6, 6.07) is 15.5. The van der Waals surface area contributed by atoms with E-state index in [1.54, 1.807) is 13.2 Å². The van der Waals surface area contributed by atoms with E-state index in [4.69, 9.17) is 14.2 Å². The van der Waals surface area contributed by atoms with Crippen molar-refractivity contribution in [1.29, 1.82) is 0 Å². The zero-order valence-electron chi connectivity index (χ0n) is 19.1. The van der Waals surface area contributed by atoms with Gasteiger partial charge in [-0.15, -0.1) is 0 Å². The van der Waals surface area contributed by atoms with E-state index >= 15 is 0 Å². The molecule has 2 aliphatic heterocycles. The molecule has 0 fully saturated rings. The van der Waals surface area contributed by atoms with Gasteiger partial charge in [-0.05, 0) is 37.8 Å². The number of nitrogens with one attached hydrogen (secondary N) is 1. The smallest absolute Gasteiger partial charge is 0.228 e. The van der Waals surface area contributed by atoms with Crippen molar-refractivity contribution >= 4 is 22.5 Å². The molecule has 1 unspecified atom stereocenters. The number of carbonyl (C=O) groups excluding carboxylic acids is 2. The molecule has 6 nitrogen and oxygen atoms in total. The minimum atomic E-state index is -0.352. The van der Waals surface area contributed by atoms with Gasteiger partial charge in [-0.3, -0.25) is 9.59 Å². The zero-order valence-corrected chi connectivity index (χ0v) is 19.1. The Bertz CT molecular complexity index is 1260. The Morgan fingerprint density at radius 1 is 1.12 bits per heavy atom. The van der Waals surface area contributed by atoms with Crippen LogP contribution in [0, 0.1) is 0 Å². The molecule has 3 aromatic carbocycles. The lowest BCUT2D eigenvalue weighted by atomic mass is 9.90. The molecule has 0 saturated carbocycles. The predicted molar refractivity (Wildman–Crippen MR) is 126 cm³/mol. The van der Waals surface area contributed by atoms with Gasteiger partial charge in [-0.25, -0.2) is 0 Å². The van der Waals surface area contributed by atoms with Crippen LogP contribution in [0.1, 0.15) is 47.7 Å². The van der Waals surface area contributed by atoms with Gasteiger partial charge in [0.1, 0.15) is 11.4 Å². The molecule has 6 heteroatoms. The van der Waals surface area contributed by atoms with E-state index in [0.29, 0.717) is 36.5 Å². The Morgan fingerprint density at radius 2 is 1.94 bits per heavy atom. The van der Waals surface area contributed by atoms with Crippen molar-refractivity contribution in [1.82, 2.24) is 5.32 Å². The van der Waals surface area contributed by atoms with Crippen molar-refractivity contribution in [3.05, 3.63) is 65.2 Å². The molecule has 0 saturated heterocycles. The summed E-state index contributed by atoms with van der Waals surface area (Å²) in [5, 5.41) is 4.92. The van der Waals surface area contributed by atoms with Crippen LogP contribution in [0.2, 0.25) is 0 Å². The van der Waals surface area contributed by atoms with Gasteiger partial charge in [-0.2, -0.15) is 0 Å². The van der Waals surface area contributed by atoms with Crippen LogP contribution >= 0.6 is 0 Å². The van der Waals surface area contributed by atoms with E-state index in [0.717, 1.165) is 27.6 Å². The first-order chi connectivity index (χ1) is 15.9. The summed E-state index contributed by atoms with van der Waals surface area (Å²) >= 11 is 0. The van der Waals surface area contributed by atoms with Gasteiger partial charge in [0.15, 0.2) is 17.3 Å². The van der Waals surface area contributed by atoms with E-state index in [2.05, 4.69) is 5.32 Å². The van der Waals surface area contributed by atoms with E-state index in [-0.39, 0.29) is 29.8 Å². The second-order valence-corrected chi connectivity index (χ2v) is 9.24. The number of hydrogen-bond donors (Lipinski definition) is 1. The monoisotopic (exact) mass is 445 g/mol. The van der Waals surface area contributed by atoms with Crippen molar-refractivity contribution in [2.75, 3.05) is 20.3 Å². The molecule has 5 rings (SSSR count). The summed E-state index contributed by atoms with van der Waals surface area (Å²) in [5.41, 5.74) is 1.97. The van der Waals surface area contributed by atoms with E-state index < -0.39 is 0 Å². The quantitative estimate of drug-likeness (QED) is 0.589. The average molecular weight is 446 g/mol. The maximum Gasteiger partial charge on any atom is 0.228 e. The first-order valence-electron chi connectivity index (χ1n) is 11.2. The van der Waals surface area contributed by atoms with Crippen molar-refractivity contribution in [2.45, 2.75) is 38.2 Å². The maximum atomic E-state index is 13.1. The largest absolute Gasteiger partial charge is 0.493 e. The number of rotatable bonds is 5. The molecule has 2 aliphatic rings. The summed E-state index contributed by atoms with van der Waals surface area (Å²) in [7, 11) is 1.56. The summed E-state index contributed by atoms with van der Waals surface area (Å²) in [6.45, 7) is 4.39. The molecule has 170 valence electrons. The maximum absolute atomic E-state index is 13.1. The van der Waals surface area contributed by atoms with Gasteiger partial charge in [0.25, 0.3) is 0 Å². The molecule has 1 atom stereocenters. The second kappa shape index (κ2) is 8.10. The standard InChI is InChI=1S/C27H27NO5/c1-27(2)14-18-12-17(13-23(31-3)24(18)33-27)22(29)15-28-26(30)21-10-11-32-25-19-7-5-4-6-16(19)8-9-20(21)25/h4-9,12-13,21H,10-11,14-15H2,1-3H3,(H,28,30). The first-order valence-corrected chi connectivity index (χ1v) is 11.2. The highest BCUT2D eigenvalue weighted by atomic mass is 16.5. The lowest BCUT2D eigenvalue weighted by molar-refractivity contribution is -0.123. The SMILES string of the molecule is COc1cc(C(=O)CNC(=O)C2CCOc3c2ccc2ccccc32)cc2c1OC(C)(C)C2. The van der Waals surface area contributed by atoms with Crippen molar-refractivity contribution in [3.63, 3.8) is 0 Å². The number of methoxy groups -OCH3 is 1. The molecule has 2 heterocycles. The molecule has 0 aromatic heterocycles. The van der Waals surface area contributed by atoms with Crippen LogP contribution < -0.4 is 19.5 Å². The minimum Gasteiger partial charge on any atom is -0.493 e. The molecule has 1 amide bonds. The van der Waals surface area contributed by atoms with Crippen molar-refractivity contribution in [2.24, 2.45) is 0 Å². The Balaban J connectivity index is 1.33. The number of fused-ring (bicyclic) bond motifs is 4. The highest BCUT2D eigenvalue weighted by Crippen LogP contribution is 2.43. The number of benzene rings is 3.